The molecule has 0 radical (unpaired) electrons. The Morgan fingerprint density at radius 2 is 2.21 bits per heavy atom. The molecule has 0 spiro atoms. The van der Waals surface area contributed by atoms with Crippen molar-refractivity contribution in [3.05, 3.63) is 34.5 Å². The first kappa shape index (κ1) is 12.4. The third-order valence-corrected chi connectivity index (χ3v) is 4.51. The maximum atomic E-state index is 12.3. The zero-order valence-electron chi connectivity index (χ0n) is 10.7. The largest absolute Gasteiger partial charge is 0.327 e. The average molecular weight is 276 g/mol. The molecule has 0 N–H and O–H groups in total. The number of nitrogens with zero attached hydrogens (tertiary/aromatic N) is 2. The molecule has 2 aliphatic rings. The van der Waals surface area contributed by atoms with Crippen molar-refractivity contribution in [1.29, 1.82) is 0 Å². The van der Waals surface area contributed by atoms with Crippen LogP contribution in [0.4, 0.5) is 4.79 Å². The minimum absolute atomic E-state index is 0.0490. The molecule has 4 nitrogen and oxygen atoms in total. The number of hydrogen-bond acceptors (Lipinski definition) is 3. The number of thiophene rings is 1. The van der Waals surface area contributed by atoms with E-state index in [1.807, 2.05) is 17.5 Å². The number of carbonyl (C=O) groups excluding carboxylic acids is 2. The van der Waals surface area contributed by atoms with Crippen molar-refractivity contribution in [1.82, 2.24) is 9.80 Å². The van der Waals surface area contributed by atoms with Crippen molar-refractivity contribution in [3.63, 3.8) is 0 Å². The molecular weight excluding hydrogens is 260 g/mol. The summed E-state index contributed by atoms with van der Waals surface area (Å²) in [4.78, 5) is 28.5. The predicted molar refractivity (Wildman–Crippen MR) is 73.7 cm³/mol. The minimum Gasteiger partial charge on any atom is -0.319 e. The van der Waals surface area contributed by atoms with Crippen molar-refractivity contribution in [3.8, 4) is 0 Å². The number of carbonyl (C=O) groups is 2. The van der Waals surface area contributed by atoms with Gasteiger partial charge in [0.1, 0.15) is 0 Å². The van der Waals surface area contributed by atoms with E-state index in [1.54, 1.807) is 16.2 Å². The zero-order valence-corrected chi connectivity index (χ0v) is 11.5. The van der Waals surface area contributed by atoms with Gasteiger partial charge in [-0.05, 0) is 17.9 Å². The Bertz CT molecular complexity index is 524. The van der Waals surface area contributed by atoms with Crippen molar-refractivity contribution in [2.45, 2.75) is 19.4 Å². The van der Waals surface area contributed by atoms with Crippen LogP contribution in [0.5, 0.6) is 0 Å². The fourth-order valence-electron chi connectivity index (χ4n) is 2.33. The summed E-state index contributed by atoms with van der Waals surface area (Å²) in [6.45, 7) is 5.52. The monoisotopic (exact) mass is 276 g/mol. The van der Waals surface area contributed by atoms with Gasteiger partial charge in [0.05, 0.1) is 6.54 Å². The Morgan fingerprint density at radius 3 is 2.84 bits per heavy atom. The molecule has 0 bridgehead atoms. The molecule has 2 heterocycles. The maximum Gasteiger partial charge on any atom is 0.327 e. The van der Waals surface area contributed by atoms with Crippen LogP contribution in [-0.2, 0) is 11.3 Å². The highest BCUT2D eigenvalue weighted by Gasteiger charge is 2.37. The zero-order chi connectivity index (χ0) is 13.4. The fraction of sp³-hybridized carbons (Fsp3) is 0.429. The summed E-state index contributed by atoms with van der Waals surface area (Å²) in [5.41, 5.74) is 1.15. The molecule has 19 heavy (non-hydrogen) atoms. The van der Waals surface area contributed by atoms with Gasteiger partial charge in [-0.1, -0.05) is 18.2 Å². The van der Waals surface area contributed by atoms with E-state index in [1.165, 1.54) is 4.90 Å². The summed E-state index contributed by atoms with van der Waals surface area (Å²) in [5, 5.41) is 2.00. The number of urea groups is 1. The lowest BCUT2D eigenvalue weighted by Gasteiger charge is -2.34. The van der Waals surface area contributed by atoms with Crippen LogP contribution in [0.25, 0.3) is 0 Å². The Kier molecular flexibility index (Phi) is 3.14. The number of imide groups is 1. The van der Waals surface area contributed by atoms with E-state index < -0.39 is 0 Å². The molecule has 1 aliphatic carbocycles. The fourth-order valence-corrected chi connectivity index (χ4v) is 3.05. The van der Waals surface area contributed by atoms with Crippen molar-refractivity contribution in [2.75, 3.05) is 13.1 Å². The quantitative estimate of drug-likeness (QED) is 0.793. The second-order valence-corrected chi connectivity index (χ2v) is 6.13. The Balaban J connectivity index is 1.67. The lowest BCUT2D eigenvalue weighted by atomic mass is 10.2. The molecule has 1 aliphatic heterocycles. The summed E-state index contributed by atoms with van der Waals surface area (Å²) >= 11 is 1.64. The standard InChI is InChI=1S/C14H16N2O2S/c1-10-7-11(10)8-16-13(17)4-5-15(14(16)18)9-12-3-2-6-19-12/h2-3,6,11H,1,4-5,7-9H2. The van der Waals surface area contributed by atoms with Crippen LogP contribution in [0.1, 0.15) is 17.7 Å². The van der Waals surface area contributed by atoms with E-state index in [0.717, 1.165) is 16.9 Å². The molecule has 1 aromatic heterocycles. The highest BCUT2D eigenvalue weighted by molar-refractivity contribution is 7.09. The van der Waals surface area contributed by atoms with Crippen LogP contribution in [0.2, 0.25) is 0 Å². The summed E-state index contributed by atoms with van der Waals surface area (Å²) < 4.78 is 0. The molecule has 1 aromatic rings. The van der Waals surface area contributed by atoms with E-state index in [9.17, 15) is 9.59 Å². The number of amides is 3. The van der Waals surface area contributed by atoms with Gasteiger partial charge in [0.2, 0.25) is 5.91 Å². The highest BCUT2D eigenvalue weighted by Crippen LogP contribution is 2.37. The van der Waals surface area contributed by atoms with Crippen LogP contribution in [0, 0.1) is 5.92 Å². The SMILES string of the molecule is C=C1CC1CN1C(=O)CCN(Cc2cccs2)C1=O. The van der Waals surface area contributed by atoms with Crippen molar-refractivity contribution in [2.24, 2.45) is 5.92 Å². The summed E-state index contributed by atoms with van der Waals surface area (Å²) in [6, 6.07) is 3.84. The molecule has 0 aromatic carbocycles. The molecule has 5 heteroatoms. The second kappa shape index (κ2) is 4.81. The second-order valence-electron chi connectivity index (χ2n) is 5.10. The topological polar surface area (TPSA) is 40.6 Å². The Labute approximate surface area is 116 Å². The molecule has 1 saturated heterocycles. The van der Waals surface area contributed by atoms with Gasteiger partial charge in [-0.2, -0.15) is 0 Å². The number of hydrogen-bond donors (Lipinski definition) is 0. The molecule has 3 rings (SSSR count). The average Bonchev–Trinajstić information content (AvgIpc) is 2.88. The van der Waals surface area contributed by atoms with Gasteiger partial charge < -0.3 is 4.90 Å². The first-order valence-corrected chi connectivity index (χ1v) is 7.32. The summed E-state index contributed by atoms with van der Waals surface area (Å²) in [6.07, 6.45) is 1.37. The van der Waals surface area contributed by atoms with E-state index in [2.05, 4.69) is 6.58 Å². The van der Waals surface area contributed by atoms with Gasteiger partial charge >= 0.3 is 6.03 Å². The normalized spacial score (nSPS) is 23.2. The van der Waals surface area contributed by atoms with Crippen LogP contribution < -0.4 is 0 Å². The number of rotatable bonds is 4. The molecule has 1 saturated carbocycles. The van der Waals surface area contributed by atoms with Gasteiger partial charge in [-0.25, -0.2) is 4.79 Å². The Morgan fingerprint density at radius 1 is 1.42 bits per heavy atom. The summed E-state index contributed by atoms with van der Waals surface area (Å²) in [7, 11) is 0. The van der Waals surface area contributed by atoms with Gasteiger partial charge in [0.25, 0.3) is 0 Å². The predicted octanol–water partition coefficient (Wildman–Crippen LogP) is 2.48. The van der Waals surface area contributed by atoms with E-state index >= 15 is 0 Å². The first-order valence-electron chi connectivity index (χ1n) is 6.44. The van der Waals surface area contributed by atoms with Gasteiger partial charge in [-0.15, -0.1) is 11.3 Å². The maximum absolute atomic E-state index is 12.3. The molecule has 100 valence electrons. The van der Waals surface area contributed by atoms with Crippen LogP contribution >= 0.6 is 11.3 Å². The van der Waals surface area contributed by atoms with E-state index in [0.29, 0.717) is 32.0 Å². The van der Waals surface area contributed by atoms with Crippen LogP contribution in [-0.4, -0.2) is 34.8 Å². The third-order valence-electron chi connectivity index (χ3n) is 3.65. The van der Waals surface area contributed by atoms with E-state index in [-0.39, 0.29) is 11.9 Å². The van der Waals surface area contributed by atoms with Crippen LogP contribution in [0.3, 0.4) is 0 Å². The molecule has 1 atom stereocenters. The first-order chi connectivity index (χ1) is 9.15. The molecular formula is C14H16N2O2S. The lowest BCUT2D eigenvalue weighted by molar-refractivity contribution is -0.131. The van der Waals surface area contributed by atoms with E-state index in [4.69, 9.17) is 0 Å². The van der Waals surface area contributed by atoms with Gasteiger partial charge in [0, 0.05) is 30.3 Å². The summed E-state index contributed by atoms with van der Waals surface area (Å²) in [5.74, 6) is 0.279. The smallest absolute Gasteiger partial charge is 0.319 e. The molecule has 2 fully saturated rings. The Hall–Kier alpha value is -1.62. The van der Waals surface area contributed by atoms with Crippen molar-refractivity contribution >= 4 is 23.3 Å². The van der Waals surface area contributed by atoms with Crippen LogP contribution in [0.15, 0.2) is 29.7 Å². The van der Waals surface area contributed by atoms with Gasteiger partial charge in [-0.3, -0.25) is 9.69 Å². The minimum atomic E-state index is -0.149. The highest BCUT2D eigenvalue weighted by atomic mass is 32.1. The molecule has 1 unspecified atom stereocenters. The third kappa shape index (κ3) is 2.56. The lowest BCUT2D eigenvalue weighted by Crippen LogP contribution is -2.52. The van der Waals surface area contributed by atoms with Gasteiger partial charge in [0.15, 0.2) is 0 Å². The van der Waals surface area contributed by atoms with Crippen molar-refractivity contribution < 1.29 is 9.59 Å². The molecule has 3 amide bonds.